The lowest BCUT2D eigenvalue weighted by Crippen LogP contribution is -2.44. The average Bonchev–Trinajstić information content (AvgIpc) is 2.96. The molecule has 1 atom stereocenters. The van der Waals surface area contributed by atoms with Gasteiger partial charge in [-0.15, -0.1) is 17.8 Å². The van der Waals surface area contributed by atoms with Gasteiger partial charge < -0.3 is 5.32 Å². The summed E-state index contributed by atoms with van der Waals surface area (Å²) in [6.07, 6.45) is 8.09. The molecule has 1 N–H and O–H groups in total. The van der Waals surface area contributed by atoms with Crippen molar-refractivity contribution >= 4 is 17.2 Å². The van der Waals surface area contributed by atoms with E-state index in [9.17, 15) is 4.79 Å². The summed E-state index contributed by atoms with van der Waals surface area (Å²) in [6.45, 7) is 3.79. The van der Waals surface area contributed by atoms with Gasteiger partial charge >= 0.3 is 0 Å². The summed E-state index contributed by atoms with van der Waals surface area (Å²) in [5.41, 5.74) is 0.946. The molecule has 0 radical (unpaired) electrons. The van der Waals surface area contributed by atoms with Gasteiger partial charge in [0.15, 0.2) is 0 Å². The van der Waals surface area contributed by atoms with E-state index >= 15 is 0 Å². The summed E-state index contributed by atoms with van der Waals surface area (Å²) in [5, 5.41) is 5.56. The van der Waals surface area contributed by atoms with Crippen molar-refractivity contribution in [2.75, 3.05) is 0 Å². The molecule has 0 saturated heterocycles. The fourth-order valence-electron chi connectivity index (χ4n) is 1.74. The van der Waals surface area contributed by atoms with Crippen molar-refractivity contribution in [3.05, 3.63) is 35.5 Å². The fourth-order valence-corrected chi connectivity index (χ4v) is 2.53. The molecule has 0 saturated carbocycles. The molecule has 2 rings (SSSR count). The van der Waals surface area contributed by atoms with E-state index in [4.69, 9.17) is 6.42 Å². The minimum absolute atomic E-state index is 0.116. The summed E-state index contributed by atoms with van der Waals surface area (Å²) in [6, 6.07) is 5.67. The van der Waals surface area contributed by atoms with E-state index in [-0.39, 0.29) is 12.3 Å². The molecule has 2 aromatic rings. The Labute approximate surface area is 128 Å². The highest BCUT2D eigenvalue weighted by Crippen LogP contribution is 2.21. The number of carbonyl (C=O) groups is 1. The van der Waals surface area contributed by atoms with Gasteiger partial charge in [-0.25, -0.2) is 4.98 Å². The highest BCUT2D eigenvalue weighted by Gasteiger charge is 2.21. The van der Waals surface area contributed by atoms with E-state index in [0.29, 0.717) is 6.42 Å². The topological polar surface area (TPSA) is 54.9 Å². The molecular weight excluding hydrogens is 282 g/mol. The van der Waals surface area contributed by atoms with Crippen molar-refractivity contribution in [3.8, 4) is 23.0 Å². The van der Waals surface area contributed by atoms with Crippen molar-refractivity contribution in [1.29, 1.82) is 0 Å². The highest BCUT2D eigenvalue weighted by atomic mass is 32.1. The van der Waals surface area contributed by atoms with Crippen molar-refractivity contribution in [2.45, 2.75) is 32.2 Å². The first-order valence-electron chi connectivity index (χ1n) is 6.71. The van der Waals surface area contributed by atoms with Crippen molar-refractivity contribution in [2.24, 2.45) is 0 Å². The Morgan fingerprint density at radius 3 is 2.95 bits per heavy atom. The van der Waals surface area contributed by atoms with Crippen molar-refractivity contribution in [1.82, 2.24) is 15.3 Å². The standard InChI is InChI=1S/C16H17N3OS/c1-4-16(3,5-2)19-14(20)10-12-11-21-15(18-12)13-8-6-7-9-17-13/h1,6-9,11H,5,10H2,2-3H3,(H,19,20). The number of nitrogens with one attached hydrogen (secondary N) is 1. The molecule has 1 unspecified atom stereocenters. The largest absolute Gasteiger partial charge is 0.340 e. The Kier molecular flexibility index (Phi) is 4.71. The van der Waals surface area contributed by atoms with Gasteiger partial charge in [0.2, 0.25) is 5.91 Å². The Balaban J connectivity index is 2.03. The summed E-state index contributed by atoms with van der Waals surface area (Å²) >= 11 is 1.48. The van der Waals surface area contributed by atoms with Crippen LogP contribution in [0, 0.1) is 12.3 Å². The lowest BCUT2D eigenvalue weighted by Gasteiger charge is -2.23. The molecule has 5 heteroatoms. The molecule has 0 bridgehead atoms. The van der Waals surface area contributed by atoms with Crippen LogP contribution in [0.15, 0.2) is 29.8 Å². The van der Waals surface area contributed by atoms with Gasteiger partial charge in [-0.2, -0.15) is 0 Å². The average molecular weight is 299 g/mol. The maximum Gasteiger partial charge on any atom is 0.227 e. The lowest BCUT2D eigenvalue weighted by atomic mass is 10.00. The number of carbonyl (C=O) groups excluding carboxylic acids is 1. The number of pyridine rings is 1. The first kappa shape index (κ1) is 15.2. The molecular formula is C16H17N3OS. The number of thiazole rings is 1. The van der Waals surface area contributed by atoms with Crippen LogP contribution in [-0.2, 0) is 11.2 Å². The third-order valence-electron chi connectivity index (χ3n) is 3.22. The number of rotatable bonds is 5. The molecule has 0 fully saturated rings. The fraction of sp³-hybridized carbons (Fsp3) is 0.312. The number of amides is 1. The zero-order valence-electron chi connectivity index (χ0n) is 12.1. The minimum Gasteiger partial charge on any atom is -0.340 e. The molecule has 0 aromatic carbocycles. The number of hydrogen-bond acceptors (Lipinski definition) is 4. The van der Waals surface area contributed by atoms with Crippen molar-refractivity contribution in [3.63, 3.8) is 0 Å². The predicted molar refractivity (Wildman–Crippen MR) is 84.7 cm³/mol. The van der Waals surface area contributed by atoms with Crippen LogP contribution in [0.3, 0.4) is 0 Å². The van der Waals surface area contributed by atoms with Crippen LogP contribution in [0.1, 0.15) is 26.0 Å². The second kappa shape index (κ2) is 6.51. The van der Waals surface area contributed by atoms with Gasteiger partial charge in [0, 0.05) is 11.6 Å². The zero-order chi connectivity index (χ0) is 15.3. The molecule has 0 aliphatic heterocycles. The Morgan fingerprint density at radius 2 is 2.33 bits per heavy atom. The third-order valence-corrected chi connectivity index (χ3v) is 4.13. The van der Waals surface area contributed by atoms with Gasteiger partial charge in [-0.05, 0) is 25.5 Å². The smallest absolute Gasteiger partial charge is 0.227 e. The van der Waals surface area contributed by atoms with Crippen LogP contribution in [-0.4, -0.2) is 21.4 Å². The molecule has 108 valence electrons. The van der Waals surface area contributed by atoms with Gasteiger partial charge in [0.05, 0.1) is 23.3 Å². The zero-order valence-corrected chi connectivity index (χ0v) is 12.9. The molecule has 1 amide bonds. The maximum absolute atomic E-state index is 12.0. The molecule has 4 nitrogen and oxygen atoms in total. The minimum atomic E-state index is -0.600. The van der Waals surface area contributed by atoms with Gasteiger partial charge in [-0.1, -0.05) is 18.9 Å². The SMILES string of the molecule is C#CC(C)(CC)NC(=O)Cc1csc(-c2ccccn2)n1. The second-order valence-corrected chi connectivity index (χ2v) is 5.77. The number of nitrogens with zero attached hydrogens (tertiary/aromatic N) is 2. The Morgan fingerprint density at radius 1 is 1.52 bits per heavy atom. The molecule has 0 spiro atoms. The van der Waals surface area contributed by atoms with Crippen LogP contribution in [0.4, 0.5) is 0 Å². The Hall–Kier alpha value is -2.19. The number of terminal acetylenes is 1. The lowest BCUT2D eigenvalue weighted by molar-refractivity contribution is -0.121. The van der Waals surface area contributed by atoms with E-state index in [1.807, 2.05) is 37.4 Å². The van der Waals surface area contributed by atoms with E-state index in [2.05, 4.69) is 21.2 Å². The summed E-state index contributed by atoms with van der Waals surface area (Å²) in [7, 11) is 0. The summed E-state index contributed by atoms with van der Waals surface area (Å²) < 4.78 is 0. The highest BCUT2D eigenvalue weighted by molar-refractivity contribution is 7.13. The van der Waals surface area contributed by atoms with Crippen LogP contribution in [0.5, 0.6) is 0 Å². The van der Waals surface area contributed by atoms with Gasteiger partial charge in [0.25, 0.3) is 0 Å². The van der Waals surface area contributed by atoms with E-state index < -0.39 is 5.54 Å². The predicted octanol–water partition coefficient (Wildman–Crippen LogP) is 2.67. The third kappa shape index (κ3) is 3.89. The Bertz CT molecular complexity index is 660. The molecule has 2 heterocycles. The van der Waals surface area contributed by atoms with Crippen LogP contribution < -0.4 is 5.32 Å². The van der Waals surface area contributed by atoms with Gasteiger partial charge in [0.1, 0.15) is 5.01 Å². The first-order chi connectivity index (χ1) is 10.1. The summed E-state index contributed by atoms with van der Waals surface area (Å²) in [5.74, 6) is 2.50. The molecule has 0 aliphatic rings. The monoisotopic (exact) mass is 299 g/mol. The van der Waals surface area contributed by atoms with E-state index in [1.165, 1.54) is 11.3 Å². The quantitative estimate of drug-likeness (QED) is 0.864. The second-order valence-electron chi connectivity index (χ2n) is 4.91. The van der Waals surface area contributed by atoms with Crippen molar-refractivity contribution < 1.29 is 4.79 Å². The molecule has 2 aromatic heterocycles. The summed E-state index contributed by atoms with van der Waals surface area (Å²) in [4.78, 5) is 20.7. The van der Waals surface area contributed by atoms with E-state index in [0.717, 1.165) is 16.4 Å². The maximum atomic E-state index is 12.0. The number of aromatic nitrogens is 2. The first-order valence-corrected chi connectivity index (χ1v) is 7.59. The van der Waals surface area contributed by atoms with Gasteiger partial charge in [-0.3, -0.25) is 9.78 Å². The molecule has 21 heavy (non-hydrogen) atoms. The van der Waals surface area contributed by atoms with E-state index in [1.54, 1.807) is 6.20 Å². The van der Waals surface area contributed by atoms with Crippen LogP contribution in [0.2, 0.25) is 0 Å². The van der Waals surface area contributed by atoms with Crippen LogP contribution in [0.25, 0.3) is 10.7 Å². The van der Waals surface area contributed by atoms with Crippen LogP contribution >= 0.6 is 11.3 Å². The number of hydrogen-bond donors (Lipinski definition) is 1. The normalized spacial score (nSPS) is 13.2. The molecule has 0 aliphatic carbocycles.